The van der Waals surface area contributed by atoms with Gasteiger partial charge in [0.15, 0.2) is 0 Å². The van der Waals surface area contributed by atoms with E-state index in [-0.39, 0.29) is 37.7 Å². The van der Waals surface area contributed by atoms with Gasteiger partial charge in [-0.2, -0.15) is 0 Å². The van der Waals surface area contributed by atoms with Crippen molar-refractivity contribution in [2.24, 2.45) is 0 Å². The van der Waals surface area contributed by atoms with Gasteiger partial charge in [0.05, 0.1) is 5.30 Å². The fourth-order valence-electron chi connectivity index (χ4n) is 1.29. The predicted molar refractivity (Wildman–Crippen MR) is 71.5 cm³/mol. The maximum atomic E-state index is 11.9. The van der Waals surface area contributed by atoms with Gasteiger partial charge < -0.3 is 9.42 Å². The van der Waals surface area contributed by atoms with Crippen LogP contribution in [-0.4, -0.2) is 42.6 Å². The van der Waals surface area contributed by atoms with Crippen LogP contribution in [0, 0.1) is 0 Å². The Labute approximate surface area is 130 Å². The Hall–Kier alpha value is -0.310. The van der Waals surface area contributed by atoms with E-state index in [1.165, 1.54) is 0 Å². The molecule has 1 atom stereocenters. The minimum absolute atomic E-state index is 0. The Kier molecular flexibility index (Phi) is 5.71. The molecule has 3 nitrogen and oxygen atoms in total. The van der Waals surface area contributed by atoms with E-state index in [1.807, 2.05) is 6.07 Å². The molecule has 2 aromatic carbocycles. The topological polar surface area (TPSA) is 46.5 Å². The quantitative estimate of drug-likeness (QED) is 0.685. The fourth-order valence-corrected chi connectivity index (χ4v) is 2.36. The fraction of sp³-hybridized carbons (Fsp3) is 0. The molecule has 2 aromatic rings. The molecular formula is C12H13CaO3P. The van der Waals surface area contributed by atoms with Crippen LogP contribution in [0.25, 0.3) is 0 Å². The third kappa shape index (κ3) is 4.13. The van der Waals surface area contributed by atoms with Crippen molar-refractivity contribution in [3.63, 3.8) is 0 Å². The van der Waals surface area contributed by atoms with E-state index in [4.69, 9.17) is 4.52 Å². The van der Waals surface area contributed by atoms with Crippen LogP contribution in [0.4, 0.5) is 0 Å². The molecular weight excluding hydrogens is 263 g/mol. The van der Waals surface area contributed by atoms with Gasteiger partial charge in [-0.3, -0.25) is 0 Å². The van der Waals surface area contributed by atoms with Crippen molar-refractivity contribution >= 4 is 50.6 Å². The zero-order valence-corrected chi connectivity index (χ0v) is 9.38. The third-order valence-corrected chi connectivity index (χ3v) is 3.46. The Morgan fingerprint density at radius 3 is 1.88 bits per heavy atom. The van der Waals surface area contributed by atoms with Gasteiger partial charge in [-0.1, -0.05) is 36.4 Å². The van der Waals surface area contributed by atoms with E-state index in [0.29, 0.717) is 11.1 Å². The number of hydrogen-bond donors (Lipinski definition) is 1. The van der Waals surface area contributed by atoms with E-state index in [1.54, 1.807) is 54.6 Å². The summed E-state index contributed by atoms with van der Waals surface area (Å²) < 4.78 is 17.0. The van der Waals surface area contributed by atoms with Crippen molar-refractivity contribution in [3.05, 3.63) is 60.7 Å². The molecule has 0 saturated carbocycles. The van der Waals surface area contributed by atoms with Crippen molar-refractivity contribution in [2.75, 3.05) is 0 Å². The van der Waals surface area contributed by atoms with Gasteiger partial charge in [-0.25, -0.2) is 4.57 Å². The maximum absolute atomic E-state index is 11.9. The predicted octanol–water partition coefficient (Wildman–Crippen LogP) is 1.66. The van der Waals surface area contributed by atoms with Crippen molar-refractivity contribution in [2.45, 2.75) is 0 Å². The number of rotatable bonds is 3. The molecule has 5 heteroatoms. The van der Waals surface area contributed by atoms with E-state index in [9.17, 15) is 9.46 Å². The second kappa shape index (κ2) is 6.58. The van der Waals surface area contributed by atoms with E-state index < -0.39 is 7.60 Å². The van der Waals surface area contributed by atoms with Crippen LogP contribution in [-0.2, 0) is 4.57 Å². The number of benzene rings is 2. The molecule has 0 amide bonds. The average Bonchev–Trinajstić information content (AvgIpc) is 2.31. The average molecular weight is 276 g/mol. The molecule has 0 aromatic heterocycles. The molecule has 86 valence electrons. The van der Waals surface area contributed by atoms with Crippen molar-refractivity contribution in [1.82, 2.24) is 0 Å². The van der Waals surface area contributed by atoms with Crippen LogP contribution in [0.3, 0.4) is 0 Å². The van der Waals surface area contributed by atoms with Gasteiger partial charge in [-0.05, 0) is 24.3 Å². The summed E-state index contributed by atoms with van der Waals surface area (Å²) in [6.45, 7) is 0. The second-order valence-corrected chi connectivity index (χ2v) is 5.00. The monoisotopic (exact) mass is 276 g/mol. The summed E-state index contributed by atoms with van der Waals surface area (Å²) in [5, 5.41) is 0.291. The van der Waals surface area contributed by atoms with Crippen LogP contribution in [0.2, 0.25) is 0 Å². The van der Waals surface area contributed by atoms with Crippen LogP contribution in [0.15, 0.2) is 60.7 Å². The first-order chi connectivity index (χ1) is 7.68. The molecule has 0 spiro atoms. The van der Waals surface area contributed by atoms with Gasteiger partial charge in [0.1, 0.15) is 5.75 Å². The summed E-state index contributed by atoms with van der Waals surface area (Å²) in [5.74, 6) is 0.386. The first-order valence-corrected chi connectivity index (χ1v) is 6.39. The molecule has 1 N–H and O–H groups in total. The Balaban J connectivity index is 0.00000144. The zero-order chi connectivity index (χ0) is 11.4. The zero-order valence-electron chi connectivity index (χ0n) is 8.48. The van der Waals surface area contributed by atoms with E-state index in [2.05, 4.69) is 0 Å². The molecule has 0 aliphatic carbocycles. The van der Waals surface area contributed by atoms with Gasteiger partial charge in [-0.15, -0.1) is 0 Å². The summed E-state index contributed by atoms with van der Waals surface area (Å²) >= 11 is 0. The molecule has 0 saturated heterocycles. The first kappa shape index (κ1) is 14.7. The second-order valence-electron chi connectivity index (χ2n) is 3.26. The molecule has 0 radical (unpaired) electrons. The number of para-hydroxylation sites is 1. The van der Waals surface area contributed by atoms with Crippen LogP contribution < -0.4 is 9.83 Å². The molecule has 1 unspecified atom stereocenters. The summed E-state index contributed by atoms with van der Waals surface area (Å²) in [6, 6.07) is 16.9. The van der Waals surface area contributed by atoms with Crippen LogP contribution >= 0.6 is 7.60 Å². The molecule has 0 heterocycles. The van der Waals surface area contributed by atoms with Crippen molar-refractivity contribution in [1.29, 1.82) is 0 Å². The van der Waals surface area contributed by atoms with E-state index in [0.717, 1.165) is 0 Å². The summed E-state index contributed by atoms with van der Waals surface area (Å²) in [5.41, 5.74) is 0. The van der Waals surface area contributed by atoms with Gasteiger partial charge in [0.2, 0.25) is 0 Å². The summed E-state index contributed by atoms with van der Waals surface area (Å²) in [7, 11) is -3.77. The Morgan fingerprint density at radius 2 is 1.35 bits per heavy atom. The number of hydrogen-bond acceptors (Lipinski definition) is 2. The van der Waals surface area contributed by atoms with Gasteiger partial charge in [0, 0.05) is 0 Å². The van der Waals surface area contributed by atoms with Gasteiger partial charge in [0.25, 0.3) is 0 Å². The molecule has 17 heavy (non-hydrogen) atoms. The summed E-state index contributed by atoms with van der Waals surface area (Å²) in [4.78, 5) is 9.77. The SMILES string of the molecule is O=P(O)(Oc1ccccc1)c1ccccc1.[CaH2]. The third-order valence-electron chi connectivity index (χ3n) is 2.05. The molecule has 0 aliphatic heterocycles. The van der Waals surface area contributed by atoms with Gasteiger partial charge >= 0.3 is 45.3 Å². The minimum atomic E-state index is -3.77. The molecule has 0 fully saturated rings. The van der Waals surface area contributed by atoms with Crippen molar-refractivity contribution < 1.29 is 14.0 Å². The molecule has 0 aliphatic rings. The Morgan fingerprint density at radius 1 is 0.882 bits per heavy atom. The van der Waals surface area contributed by atoms with Crippen molar-refractivity contribution in [3.8, 4) is 5.75 Å². The summed E-state index contributed by atoms with van der Waals surface area (Å²) in [6.07, 6.45) is 0. The normalized spacial score (nSPS) is 13.2. The molecule has 2 rings (SSSR count). The first-order valence-electron chi connectivity index (χ1n) is 4.81. The van der Waals surface area contributed by atoms with Crippen LogP contribution in [0.1, 0.15) is 0 Å². The Bertz CT molecular complexity index is 502. The molecule has 0 bridgehead atoms. The standard InChI is InChI=1S/C12H11O3P.Ca.2H/c13-16(14,12-9-5-2-6-10-12)15-11-7-3-1-4-8-11;;;/h1-10H,(H,13,14);;;. The van der Waals surface area contributed by atoms with Crippen LogP contribution in [0.5, 0.6) is 5.75 Å². The van der Waals surface area contributed by atoms with E-state index >= 15 is 0 Å².